The number of thioether (sulfide) groups is 1. The molecule has 1 heterocycles. The number of ether oxygens (including phenoxy) is 2. The van der Waals surface area contributed by atoms with E-state index in [1.807, 2.05) is 19.1 Å². The van der Waals surface area contributed by atoms with Crippen LogP contribution in [0.3, 0.4) is 0 Å². The summed E-state index contributed by atoms with van der Waals surface area (Å²) < 4.78 is 10.9. The molecule has 0 unspecified atom stereocenters. The van der Waals surface area contributed by atoms with Gasteiger partial charge in [-0.2, -0.15) is 0 Å². The number of amides is 2. The molecule has 0 bridgehead atoms. The highest BCUT2D eigenvalue weighted by Gasteiger charge is 2.35. The Bertz CT molecular complexity index is 1330. The summed E-state index contributed by atoms with van der Waals surface area (Å²) in [6.45, 7) is 1.90. The lowest BCUT2D eigenvalue weighted by atomic mass is 10.1. The van der Waals surface area contributed by atoms with Gasteiger partial charge in [0.25, 0.3) is 11.1 Å². The molecule has 1 aliphatic rings. The molecular weight excluding hydrogens is 509 g/mol. The maximum atomic E-state index is 12.9. The highest BCUT2D eigenvalue weighted by atomic mass is 35.5. The molecule has 2 amide bonds. The molecule has 0 aliphatic carbocycles. The predicted octanol–water partition coefficient (Wildman–Crippen LogP) is 6.77. The van der Waals surface area contributed by atoms with E-state index < -0.39 is 17.1 Å². The zero-order valence-electron chi connectivity index (χ0n) is 18.7. The van der Waals surface area contributed by atoms with Crippen LogP contribution < -0.4 is 9.47 Å². The van der Waals surface area contributed by atoms with Crippen LogP contribution in [0, 0.1) is 6.92 Å². The first-order valence-corrected chi connectivity index (χ1v) is 12.0. The van der Waals surface area contributed by atoms with Crippen LogP contribution in [-0.2, 0) is 11.3 Å². The standard InChI is InChI=1S/C26H19Cl2NO5S/c1-15-6-9-17(10-7-15)25(31)34-21-11-8-16(12-22(21)33-2)13-23-24(30)29(26(32)35-23)14-18-19(27)4-3-5-20(18)28/h3-13H,14H2,1-2H3/b23-13-. The van der Waals surface area contributed by atoms with E-state index in [4.69, 9.17) is 32.7 Å². The van der Waals surface area contributed by atoms with Crippen molar-refractivity contribution in [1.29, 1.82) is 0 Å². The fourth-order valence-electron chi connectivity index (χ4n) is 3.34. The summed E-state index contributed by atoms with van der Waals surface area (Å²) in [4.78, 5) is 39.3. The summed E-state index contributed by atoms with van der Waals surface area (Å²) in [6, 6.07) is 16.9. The molecule has 9 heteroatoms. The van der Waals surface area contributed by atoms with Crippen LogP contribution in [0.5, 0.6) is 11.5 Å². The molecule has 4 rings (SSSR count). The van der Waals surface area contributed by atoms with E-state index in [1.165, 1.54) is 7.11 Å². The quantitative estimate of drug-likeness (QED) is 0.200. The first-order valence-electron chi connectivity index (χ1n) is 10.4. The predicted molar refractivity (Wildman–Crippen MR) is 137 cm³/mol. The minimum atomic E-state index is -0.518. The van der Waals surface area contributed by atoms with Gasteiger partial charge in [0.2, 0.25) is 0 Å². The molecule has 35 heavy (non-hydrogen) atoms. The third-order valence-corrected chi connectivity index (χ3v) is 6.84. The fraction of sp³-hybridized carbons (Fsp3) is 0.115. The van der Waals surface area contributed by atoms with E-state index in [0.717, 1.165) is 22.2 Å². The number of hydrogen-bond donors (Lipinski definition) is 0. The molecule has 3 aromatic rings. The summed E-state index contributed by atoms with van der Waals surface area (Å²) in [6.07, 6.45) is 1.58. The molecular formula is C26H19Cl2NO5S. The zero-order valence-corrected chi connectivity index (χ0v) is 21.0. The van der Waals surface area contributed by atoms with Crippen LogP contribution >= 0.6 is 35.0 Å². The van der Waals surface area contributed by atoms with Gasteiger partial charge in [0, 0.05) is 15.6 Å². The minimum absolute atomic E-state index is 0.0300. The Morgan fingerprint density at radius 2 is 1.69 bits per heavy atom. The maximum Gasteiger partial charge on any atom is 0.343 e. The van der Waals surface area contributed by atoms with Crippen LogP contribution in [0.15, 0.2) is 65.6 Å². The Balaban J connectivity index is 1.53. The van der Waals surface area contributed by atoms with Gasteiger partial charge in [0.1, 0.15) is 0 Å². The lowest BCUT2D eigenvalue weighted by Gasteiger charge is -2.14. The number of rotatable bonds is 6. The van der Waals surface area contributed by atoms with Gasteiger partial charge in [-0.05, 0) is 66.7 Å². The molecule has 0 atom stereocenters. The summed E-state index contributed by atoms with van der Waals surface area (Å²) in [5.74, 6) is -0.432. The summed E-state index contributed by atoms with van der Waals surface area (Å²) in [5.41, 5.74) is 2.54. The lowest BCUT2D eigenvalue weighted by Crippen LogP contribution is -2.27. The molecule has 1 saturated heterocycles. The largest absolute Gasteiger partial charge is 0.493 e. The van der Waals surface area contributed by atoms with E-state index in [1.54, 1.807) is 54.6 Å². The molecule has 0 radical (unpaired) electrons. The normalized spacial score (nSPS) is 14.5. The summed E-state index contributed by atoms with van der Waals surface area (Å²) >= 11 is 13.2. The number of carbonyl (C=O) groups is 3. The summed E-state index contributed by atoms with van der Waals surface area (Å²) in [5, 5.41) is 0.329. The number of hydrogen-bond acceptors (Lipinski definition) is 6. The Morgan fingerprint density at radius 3 is 2.34 bits per heavy atom. The molecule has 1 aliphatic heterocycles. The summed E-state index contributed by atoms with van der Waals surface area (Å²) in [7, 11) is 1.45. The topological polar surface area (TPSA) is 72.9 Å². The van der Waals surface area contributed by atoms with Crippen molar-refractivity contribution in [3.8, 4) is 11.5 Å². The number of benzene rings is 3. The molecule has 178 valence electrons. The third-order valence-electron chi connectivity index (χ3n) is 5.23. The molecule has 0 saturated carbocycles. The second kappa shape index (κ2) is 10.6. The van der Waals surface area contributed by atoms with Crippen LogP contribution in [-0.4, -0.2) is 29.1 Å². The second-order valence-corrected chi connectivity index (χ2v) is 9.44. The molecule has 6 nitrogen and oxygen atoms in total. The lowest BCUT2D eigenvalue weighted by molar-refractivity contribution is -0.123. The number of imide groups is 1. The third kappa shape index (κ3) is 5.53. The Labute approximate surface area is 216 Å². The van der Waals surface area contributed by atoms with Crippen LogP contribution in [0.1, 0.15) is 27.0 Å². The van der Waals surface area contributed by atoms with Crippen molar-refractivity contribution in [2.45, 2.75) is 13.5 Å². The highest BCUT2D eigenvalue weighted by molar-refractivity contribution is 8.18. The van der Waals surface area contributed by atoms with Gasteiger partial charge >= 0.3 is 5.97 Å². The second-order valence-electron chi connectivity index (χ2n) is 7.63. The van der Waals surface area contributed by atoms with Crippen LogP contribution in [0.4, 0.5) is 4.79 Å². The van der Waals surface area contributed by atoms with Crippen molar-refractivity contribution in [1.82, 2.24) is 4.90 Å². The van der Waals surface area contributed by atoms with Gasteiger partial charge < -0.3 is 9.47 Å². The number of nitrogens with zero attached hydrogens (tertiary/aromatic N) is 1. The van der Waals surface area contributed by atoms with Gasteiger partial charge in [0.15, 0.2) is 11.5 Å². The number of carbonyl (C=O) groups excluding carboxylic acids is 3. The maximum absolute atomic E-state index is 12.9. The van der Waals surface area contributed by atoms with E-state index in [-0.39, 0.29) is 17.2 Å². The molecule has 3 aromatic carbocycles. The van der Waals surface area contributed by atoms with E-state index in [9.17, 15) is 14.4 Å². The molecule has 1 fully saturated rings. The van der Waals surface area contributed by atoms with E-state index in [2.05, 4.69) is 0 Å². The van der Waals surface area contributed by atoms with Crippen LogP contribution in [0.2, 0.25) is 10.0 Å². The zero-order chi connectivity index (χ0) is 25.1. The molecule has 0 N–H and O–H groups in total. The average Bonchev–Trinajstić information content (AvgIpc) is 3.09. The van der Waals surface area contributed by atoms with E-state index in [0.29, 0.717) is 32.5 Å². The first kappa shape index (κ1) is 24.9. The Hall–Kier alpha value is -3.26. The minimum Gasteiger partial charge on any atom is -0.493 e. The Morgan fingerprint density at radius 1 is 1.00 bits per heavy atom. The van der Waals surface area contributed by atoms with Gasteiger partial charge in [0.05, 0.1) is 24.1 Å². The number of halogens is 2. The van der Waals surface area contributed by atoms with Gasteiger partial charge in [-0.25, -0.2) is 4.79 Å². The smallest absolute Gasteiger partial charge is 0.343 e. The Kier molecular flexibility index (Phi) is 7.50. The fourth-order valence-corrected chi connectivity index (χ4v) is 4.69. The van der Waals surface area contributed by atoms with Crippen molar-refractivity contribution < 1.29 is 23.9 Å². The van der Waals surface area contributed by atoms with Gasteiger partial charge in [-0.1, -0.05) is 53.0 Å². The van der Waals surface area contributed by atoms with Crippen molar-refractivity contribution in [3.63, 3.8) is 0 Å². The molecule has 0 spiro atoms. The number of esters is 1. The van der Waals surface area contributed by atoms with Crippen molar-refractivity contribution in [3.05, 3.63) is 97.9 Å². The van der Waals surface area contributed by atoms with Crippen molar-refractivity contribution in [2.24, 2.45) is 0 Å². The van der Waals surface area contributed by atoms with E-state index >= 15 is 0 Å². The highest BCUT2D eigenvalue weighted by Crippen LogP contribution is 2.37. The first-order chi connectivity index (χ1) is 16.8. The molecule has 0 aromatic heterocycles. The SMILES string of the molecule is COc1cc(/C=C2\SC(=O)N(Cc3c(Cl)cccc3Cl)C2=O)ccc1OC(=O)c1ccc(C)cc1. The van der Waals surface area contributed by atoms with Crippen molar-refractivity contribution in [2.75, 3.05) is 7.11 Å². The van der Waals surface area contributed by atoms with Crippen molar-refractivity contribution >= 4 is 58.2 Å². The monoisotopic (exact) mass is 527 g/mol. The number of aryl methyl sites for hydroxylation is 1. The van der Waals surface area contributed by atoms with Gasteiger partial charge in [-0.3, -0.25) is 14.5 Å². The van der Waals surface area contributed by atoms with Crippen LogP contribution in [0.25, 0.3) is 6.08 Å². The average molecular weight is 528 g/mol. The van der Waals surface area contributed by atoms with Gasteiger partial charge in [-0.15, -0.1) is 0 Å². The number of methoxy groups -OCH3 is 1.